The van der Waals surface area contributed by atoms with Crippen molar-refractivity contribution in [1.29, 1.82) is 0 Å². The zero-order chi connectivity index (χ0) is 45.2. The number of ketones is 1. The van der Waals surface area contributed by atoms with E-state index in [1.807, 2.05) is 80.6 Å². The Labute approximate surface area is 381 Å². The fraction of sp³-hybridized carbons (Fsp3) is 0.341. The summed E-state index contributed by atoms with van der Waals surface area (Å²) in [7, 11) is -3.28. The Morgan fingerprint density at radius 2 is 1.30 bits per heavy atom. The molecule has 19 heteroatoms. The van der Waals surface area contributed by atoms with Crippen LogP contribution in [-0.4, -0.2) is 70.6 Å². The Morgan fingerprint density at radius 1 is 0.833 bits per heavy atom. The van der Waals surface area contributed by atoms with Crippen LogP contribution in [0.1, 0.15) is 76.4 Å². The van der Waals surface area contributed by atoms with Gasteiger partial charge in [0.25, 0.3) is 0 Å². The molecule has 0 spiro atoms. The van der Waals surface area contributed by atoms with Crippen molar-refractivity contribution >= 4 is 99.0 Å². The van der Waals surface area contributed by atoms with Crippen molar-refractivity contribution < 1.29 is 42.3 Å². The predicted octanol–water partition coefficient (Wildman–Crippen LogP) is 8.38. The van der Waals surface area contributed by atoms with Gasteiger partial charge in [-0.15, -0.1) is 0 Å². The molecule has 0 aliphatic carbocycles. The highest BCUT2D eigenvalue weighted by atomic mass is 79.9. The van der Waals surface area contributed by atoms with Crippen molar-refractivity contribution in [1.82, 2.24) is 5.32 Å². The first-order chi connectivity index (χ1) is 27.6. The van der Waals surface area contributed by atoms with E-state index in [2.05, 4.69) is 69.4 Å². The third-order valence-corrected chi connectivity index (χ3v) is 10.4. The lowest BCUT2D eigenvalue weighted by atomic mass is 9.88. The Balaban J connectivity index is 0. The summed E-state index contributed by atoms with van der Waals surface area (Å²) in [4.78, 5) is 48.8. The van der Waals surface area contributed by atoms with E-state index < -0.39 is 19.1 Å². The van der Waals surface area contributed by atoms with E-state index in [0.717, 1.165) is 35.7 Å². The second kappa shape index (κ2) is 30.9. The van der Waals surface area contributed by atoms with Crippen molar-refractivity contribution in [3.05, 3.63) is 121 Å². The van der Waals surface area contributed by atoms with Gasteiger partial charge in [-0.2, -0.15) is 0 Å². The molecule has 0 saturated heterocycles. The zero-order valence-electron chi connectivity index (χ0n) is 35.0. The number of rotatable bonds is 12. The van der Waals surface area contributed by atoms with Crippen LogP contribution in [0.3, 0.4) is 0 Å². The minimum Gasteiger partial charge on any atom is -0.466 e. The largest absolute Gasteiger partial charge is 0.466 e. The van der Waals surface area contributed by atoms with Gasteiger partial charge in [0, 0.05) is 33.5 Å². The van der Waals surface area contributed by atoms with Crippen LogP contribution in [0.4, 0.5) is 0 Å². The van der Waals surface area contributed by atoms with Crippen molar-refractivity contribution in [3.63, 3.8) is 0 Å². The van der Waals surface area contributed by atoms with Gasteiger partial charge in [-0.3, -0.25) is 24.3 Å². The molecule has 1 aliphatic heterocycles. The molecule has 4 rings (SSSR count). The van der Waals surface area contributed by atoms with Crippen molar-refractivity contribution in [2.24, 2.45) is 22.2 Å². The molecule has 1 unspecified atom stereocenters. The number of nitrogens with two attached hydrogens (primary N) is 3. The van der Waals surface area contributed by atoms with Crippen LogP contribution in [0.15, 0.2) is 110 Å². The van der Waals surface area contributed by atoms with E-state index in [-0.39, 0.29) is 63.8 Å². The molecule has 1 aliphatic rings. The first-order valence-electron chi connectivity index (χ1n) is 18.2. The van der Waals surface area contributed by atoms with E-state index in [9.17, 15) is 23.7 Å². The summed E-state index contributed by atoms with van der Waals surface area (Å²) in [5.41, 5.74) is 18.0. The lowest BCUT2D eigenvalue weighted by Crippen LogP contribution is -2.46. The van der Waals surface area contributed by atoms with Gasteiger partial charge in [0.2, 0.25) is 5.91 Å². The molecule has 0 saturated carbocycles. The maximum absolute atomic E-state index is 11.8. The Kier molecular flexibility index (Phi) is 29.9. The molecule has 3 aromatic rings. The van der Waals surface area contributed by atoms with Gasteiger partial charge in [0.1, 0.15) is 6.16 Å². The number of hydrogen-bond donors (Lipinski definition) is 4. The topological polar surface area (TPSA) is 225 Å². The Hall–Kier alpha value is -4.06. The number of hydrogen-bond acceptors (Lipinski definition) is 13. The van der Waals surface area contributed by atoms with Crippen LogP contribution in [0.5, 0.6) is 0 Å². The molecule has 14 nitrogen and oxygen atoms in total. The number of esters is 2. The van der Waals surface area contributed by atoms with Crippen LogP contribution in [0.25, 0.3) is 5.57 Å². The lowest BCUT2D eigenvalue weighted by Gasteiger charge is -2.29. The van der Waals surface area contributed by atoms with E-state index in [1.54, 1.807) is 40.7 Å². The van der Waals surface area contributed by atoms with Crippen LogP contribution in [-0.2, 0) is 43.0 Å². The number of carbonyl (C=O) groups excluding carboxylic acids is 4. The second-order valence-electron chi connectivity index (χ2n) is 12.1. The number of carbonyl (C=O) groups is 4. The van der Waals surface area contributed by atoms with E-state index in [0.29, 0.717) is 13.0 Å². The zero-order valence-corrected chi connectivity index (χ0v) is 40.6. The quantitative estimate of drug-likeness (QED) is 0.0441. The summed E-state index contributed by atoms with van der Waals surface area (Å²) in [6, 6.07) is 22.9. The summed E-state index contributed by atoms with van der Waals surface area (Å²) in [6.07, 6.45) is 1.50. The highest BCUT2D eigenvalue weighted by molar-refractivity contribution is 9.11. The highest BCUT2D eigenvalue weighted by Gasteiger charge is 2.33. The van der Waals surface area contributed by atoms with Crippen molar-refractivity contribution in [2.45, 2.75) is 60.4 Å². The summed E-state index contributed by atoms with van der Waals surface area (Å²) < 4.78 is 34.0. The van der Waals surface area contributed by atoms with Gasteiger partial charge in [-0.1, -0.05) is 90.8 Å². The molecular weight excluding hydrogens is 988 g/mol. The van der Waals surface area contributed by atoms with Crippen molar-refractivity contribution in [2.75, 3.05) is 32.6 Å². The minimum absolute atomic E-state index is 0. The van der Waals surface area contributed by atoms with Gasteiger partial charge >= 0.3 is 19.5 Å². The molecule has 3 aromatic carbocycles. The fourth-order valence-electron chi connectivity index (χ4n) is 4.60. The molecule has 0 aromatic heterocycles. The third kappa shape index (κ3) is 25.5. The number of benzene rings is 3. The van der Waals surface area contributed by atoms with Gasteiger partial charge in [-0.25, -0.2) is 9.79 Å². The van der Waals surface area contributed by atoms with Crippen LogP contribution in [0, 0.1) is 0 Å². The Morgan fingerprint density at radius 3 is 1.72 bits per heavy atom. The standard InChI is InChI=1S/C12H13BrO2.C11H12BrN3O.C8H7BrO.C8H17O5P.C2H6N2.B/c1-3-15-12(14)7-9(2)10-5-4-6-11(13)8-10;1-11(6-9(16)14-10(13)15-11)7-3-2-4-8(12)5-7;1-6(10)7-3-2-4-8(9)5-7;1-4-11-8(9)7-14(10,12-5-2)13-6-3;1-2(3)4;/h4-8H,3H2,1-2H3;2-5H,6H2,1H3,(H3,13,14,15,16);2-5H,1H3;4-7H2,1-3H3;1,3-4H2;/b9-7+;;;;;. The summed E-state index contributed by atoms with van der Waals surface area (Å²) in [5.74, 6) is -0.511. The average Bonchev–Trinajstić information content (AvgIpc) is 3.12. The molecule has 0 bridgehead atoms. The number of guanidine groups is 1. The number of ether oxygens (including phenoxy) is 2. The third-order valence-electron chi connectivity index (χ3n) is 7.00. The van der Waals surface area contributed by atoms with E-state index in [4.69, 9.17) is 31.0 Å². The molecular formula is C41H55BBr3N5O9P. The van der Waals surface area contributed by atoms with Crippen molar-refractivity contribution in [3.8, 4) is 0 Å². The Bertz CT molecular complexity index is 1960. The maximum Gasteiger partial charge on any atom is 0.341 e. The molecule has 7 N–H and O–H groups in total. The van der Waals surface area contributed by atoms with Crippen LogP contribution < -0.4 is 22.5 Å². The number of amides is 1. The number of halogens is 3. The van der Waals surface area contributed by atoms with Gasteiger partial charge in [-0.05, 0) is 102 Å². The fourth-order valence-corrected chi connectivity index (χ4v) is 7.24. The number of allylic oxidation sites excluding steroid dienone is 1. The minimum atomic E-state index is -3.28. The number of aliphatic imine (C=N–C) groups is 1. The predicted molar refractivity (Wildman–Crippen MR) is 250 cm³/mol. The number of nitrogens with one attached hydrogen (secondary N) is 1. The first kappa shape index (κ1) is 58.0. The molecule has 3 radical (unpaired) electrons. The number of Topliss-reactive ketones (excluding diaryl/α,β-unsaturated/α-hetero) is 1. The molecule has 1 heterocycles. The molecule has 327 valence electrons. The van der Waals surface area contributed by atoms with Gasteiger partial charge in [0.05, 0.1) is 44.2 Å². The average molecular weight is 1040 g/mol. The lowest BCUT2D eigenvalue weighted by molar-refractivity contribution is -0.140. The summed E-state index contributed by atoms with van der Waals surface area (Å²) in [6.45, 7) is 16.5. The maximum atomic E-state index is 11.8. The highest BCUT2D eigenvalue weighted by Crippen LogP contribution is 2.47. The molecule has 60 heavy (non-hydrogen) atoms. The summed E-state index contributed by atoms with van der Waals surface area (Å²) >= 11 is 10.1. The first-order valence-corrected chi connectivity index (χ1v) is 22.3. The molecule has 1 atom stereocenters. The molecule has 0 fully saturated rings. The summed E-state index contributed by atoms with van der Waals surface area (Å²) in [5, 5.41) is 2.50. The van der Waals surface area contributed by atoms with Crippen LogP contribution in [0.2, 0.25) is 0 Å². The van der Waals surface area contributed by atoms with E-state index >= 15 is 0 Å². The smallest absolute Gasteiger partial charge is 0.341 e. The van der Waals surface area contributed by atoms with Gasteiger partial charge in [0.15, 0.2) is 11.7 Å². The second-order valence-corrected chi connectivity index (χ2v) is 16.9. The number of nitrogens with zero attached hydrogens (tertiary/aromatic N) is 1. The van der Waals surface area contributed by atoms with Crippen LogP contribution >= 0.6 is 55.4 Å². The monoisotopic (exact) mass is 1040 g/mol. The van der Waals surface area contributed by atoms with Gasteiger partial charge < -0.3 is 35.7 Å². The van der Waals surface area contributed by atoms with E-state index in [1.165, 1.54) is 6.08 Å². The normalized spacial score (nSPS) is 14.1. The SMILES string of the molecule is C=C(N)N.CC(=O)c1cccc(Br)c1.CC1(c2cccc(Br)c2)CC(=O)NC(N)=N1.CCOC(=O)/C=C(\C)c1cccc(Br)c1.CCOC(=O)CP(=O)(OCC)OCC.[B]. The molecule has 1 amide bonds.